The van der Waals surface area contributed by atoms with Gasteiger partial charge in [0.15, 0.2) is 5.78 Å². The summed E-state index contributed by atoms with van der Waals surface area (Å²) in [7, 11) is 0. The van der Waals surface area contributed by atoms with E-state index in [0.29, 0.717) is 36.8 Å². The number of fused-ring (bicyclic) bond motifs is 7. The van der Waals surface area contributed by atoms with Crippen molar-refractivity contribution in [2.75, 3.05) is 0 Å². The second-order valence-electron chi connectivity index (χ2n) is 21.5. The highest BCUT2D eigenvalue weighted by Crippen LogP contribution is 2.68. The largest absolute Gasteiger partial charge is 0.484 e. The minimum absolute atomic E-state index is 0.0175. The topological polar surface area (TPSA) is 184 Å². The molecule has 3 saturated carbocycles. The van der Waals surface area contributed by atoms with Gasteiger partial charge in [0.2, 0.25) is 16.8 Å². The summed E-state index contributed by atoms with van der Waals surface area (Å²) in [6.45, 7) is 20.0. The summed E-state index contributed by atoms with van der Waals surface area (Å²) in [6, 6.07) is 7.78. The van der Waals surface area contributed by atoms with E-state index in [2.05, 4.69) is 0 Å². The third-order valence-electron chi connectivity index (χ3n) is 18.0. The molecular formula is C50H56O14. The highest BCUT2D eigenvalue weighted by Gasteiger charge is 2.79. The Balaban J connectivity index is 1.09. The molecule has 7 atom stereocenters. The fraction of sp³-hybridized carbons (Fsp3) is 0.580. The van der Waals surface area contributed by atoms with Gasteiger partial charge in [-0.1, -0.05) is 65.3 Å². The van der Waals surface area contributed by atoms with Crippen LogP contribution in [0.1, 0.15) is 149 Å². The molecule has 3 aliphatic carbocycles. The molecule has 0 unspecified atom stereocenters. The molecule has 0 aromatic heterocycles. The Kier molecular flexibility index (Phi) is 9.07. The lowest BCUT2D eigenvalue weighted by Gasteiger charge is -2.36. The summed E-state index contributed by atoms with van der Waals surface area (Å²) in [6.07, 6.45) is 2.96. The van der Waals surface area contributed by atoms with E-state index in [-0.39, 0.29) is 54.2 Å². The minimum atomic E-state index is -1.66. The average molecular weight is 881 g/mol. The van der Waals surface area contributed by atoms with Gasteiger partial charge in [-0.15, -0.1) is 0 Å². The van der Waals surface area contributed by atoms with Crippen LogP contribution >= 0.6 is 0 Å². The summed E-state index contributed by atoms with van der Waals surface area (Å²) in [4.78, 5) is 96.6. The van der Waals surface area contributed by atoms with Crippen molar-refractivity contribution in [2.24, 2.45) is 32.5 Å². The molecule has 0 amide bonds. The fourth-order valence-corrected chi connectivity index (χ4v) is 11.8. The van der Waals surface area contributed by atoms with Gasteiger partial charge in [-0.25, -0.2) is 14.4 Å². The van der Waals surface area contributed by atoms with Crippen LogP contribution in [0.2, 0.25) is 0 Å². The molecule has 340 valence electrons. The zero-order valence-corrected chi connectivity index (χ0v) is 38.4. The quantitative estimate of drug-likeness (QED) is 0.102. The van der Waals surface area contributed by atoms with Crippen LogP contribution < -0.4 is 18.9 Å². The second kappa shape index (κ2) is 13.3. The molecule has 0 radical (unpaired) electrons. The molecular weight excluding hydrogens is 825 g/mol. The van der Waals surface area contributed by atoms with E-state index >= 15 is 0 Å². The number of allylic oxidation sites excluding steroid dienone is 2. The van der Waals surface area contributed by atoms with Crippen molar-refractivity contribution in [3.63, 3.8) is 0 Å². The number of ether oxygens (including phenoxy) is 7. The highest BCUT2D eigenvalue weighted by atomic mass is 16.6. The third-order valence-corrected chi connectivity index (χ3v) is 18.0. The number of esters is 6. The Morgan fingerprint density at radius 1 is 0.609 bits per heavy atom. The van der Waals surface area contributed by atoms with Crippen molar-refractivity contribution >= 4 is 41.6 Å². The number of hydrogen-bond acceptors (Lipinski definition) is 14. The fourth-order valence-electron chi connectivity index (χ4n) is 11.8. The number of ketones is 1. The van der Waals surface area contributed by atoms with E-state index in [4.69, 9.17) is 33.2 Å². The molecule has 0 spiro atoms. The average Bonchev–Trinajstić information content (AvgIpc) is 3.81. The molecule has 64 heavy (non-hydrogen) atoms. The third kappa shape index (κ3) is 5.16. The van der Waals surface area contributed by atoms with E-state index in [0.717, 1.165) is 5.57 Å². The standard InChI is InChI=1S/C50H56O14/c1-26(2)12-17-29-32(60-40(56)49-22-19-46(10,37(53)63-49)43(49,5)6)25-33(61-41(57)50-23-20-47(11,38(54)64-50)44(50,7)8)34-30(51)24-31(59-35(29)34)27-13-15-28(16-14-27)58-39(55)48-21-18-45(9,36(52)62-48)42(48,3)4/h12-16,25,31H,17-24H2,1-11H3/t31-,45-,46-,47-,48+,49+,50+/m0/s1. The monoisotopic (exact) mass is 880 g/mol. The molecule has 3 saturated heterocycles. The van der Waals surface area contributed by atoms with Crippen molar-refractivity contribution < 1.29 is 66.7 Å². The minimum Gasteiger partial charge on any atom is -0.484 e. The SMILES string of the molecule is CC(C)=CCc1c(OC(=O)[C@@]23CC[C@@](C)(C(=O)O2)C3(C)C)cc(OC(=O)[C@@]23CC[C@@](C)(C(=O)O2)C3(C)C)c2c1O[C@H](c1ccc(OC(=O)[C@@]34CC[C@@](C)(C(=O)O3)C4(C)C)cc1)CC2=O. The Hall–Kier alpha value is -5.53. The van der Waals surface area contributed by atoms with Crippen LogP contribution in [0.4, 0.5) is 0 Å². The van der Waals surface area contributed by atoms with Crippen LogP contribution in [0, 0.1) is 32.5 Å². The van der Waals surface area contributed by atoms with Crippen LogP contribution in [0.15, 0.2) is 42.0 Å². The molecule has 4 aliphatic heterocycles. The van der Waals surface area contributed by atoms with E-state index < -0.39 is 97.0 Å². The number of rotatable bonds is 9. The zero-order valence-electron chi connectivity index (χ0n) is 38.4. The van der Waals surface area contributed by atoms with Crippen LogP contribution in [0.3, 0.4) is 0 Å². The van der Waals surface area contributed by atoms with Crippen molar-refractivity contribution in [1.29, 1.82) is 0 Å². The molecule has 14 heteroatoms. The van der Waals surface area contributed by atoms with Crippen molar-refractivity contribution in [2.45, 2.75) is 150 Å². The van der Waals surface area contributed by atoms with Gasteiger partial charge in [-0.05, 0) is 97.3 Å². The summed E-state index contributed by atoms with van der Waals surface area (Å²) in [5, 5.41) is 0. The maximum Gasteiger partial charge on any atom is 0.356 e. The molecule has 6 fully saturated rings. The lowest BCUT2D eigenvalue weighted by Crippen LogP contribution is -2.50. The van der Waals surface area contributed by atoms with E-state index in [9.17, 15) is 33.6 Å². The van der Waals surface area contributed by atoms with Gasteiger partial charge in [0, 0.05) is 27.9 Å². The molecule has 6 bridgehead atoms. The summed E-state index contributed by atoms with van der Waals surface area (Å²) in [5.74, 6) is -4.34. The van der Waals surface area contributed by atoms with E-state index in [1.165, 1.54) is 6.07 Å². The predicted octanol–water partition coefficient (Wildman–Crippen LogP) is 7.98. The first-order chi connectivity index (χ1) is 29.7. The molecule has 2 aromatic rings. The van der Waals surface area contributed by atoms with Gasteiger partial charge in [-0.2, -0.15) is 0 Å². The molecule has 7 aliphatic rings. The lowest BCUT2D eigenvalue weighted by atomic mass is 9.66. The maximum atomic E-state index is 14.6. The number of benzene rings is 2. The van der Waals surface area contributed by atoms with Gasteiger partial charge < -0.3 is 33.2 Å². The van der Waals surface area contributed by atoms with Crippen LogP contribution in [-0.4, -0.2) is 58.4 Å². The first-order valence-corrected chi connectivity index (χ1v) is 22.2. The van der Waals surface area contributed by atoms with Gasteiger partial charge in [0.25, 0.3) is 0 Å². The van der Waals surface area contributed by atoms with Crippen molar-refractivity contribution in [1.82, 2.24) is 0 Å². The highest BCUT2D eigenvalue weighted by molar-refractivity contribution is 6.05. The van der Waals surface area contributed by atoms with Crippen LogP contribution in [-0.2, 0) is 49.4 Å². The lowest BCUT2D eigenvalue weighted by molar-refractivity contribution is -0.176. The molecule has 2 aromatic carbocycles. The zero-order chi connectivity index (χ0) is 46.6. The summed E-state index contributed by atoms with van der Waals surface area (Å²) in [5.41, 5.74) is -8.40. The molecule has 0 N–H and O–H groups in total. The molecule has 9 rings (SSSR count). The van der Waals surface area contributed by atoms with Crippen molar-refractivity contribution in [3.05, 3.63) is 58.7 Å². The van der Waals surface area contributed by atoms with Gasteiger partial charge in [0.1, 0.15) is 34.7 Å². The second-order valence-corrected chi connectivity index (χ2v) is 21.5. The smallest absolute Gasteiger partial charge is 0.356 e. The van der Waals surface area contributed by atoms with Crippen LogP contribution in [0.5, 0.6) is 23.0 Å². The number of Topliss-reactive ketones (excluding diaryl/α,β-unsaturated/α-hetero) is 1. The first kappa shape index (κ1) is 43.7. The van der Waals surface area contributed by atoms with E-state index in [1.807, 2.05) is 54.5 Å². The number of hydrogen-bond donors (Lipinski definition) is 0. The van der Waals surface area contributed by atoms with Crippen molar-refractivity contribution in [3.8, 4) is 23.0 Å². The first-order valence-electron chi connectivity index (χ1n) is 22.2. The number of carbonyl (C=O) groups excluding carboxylic acids is 7. The summed E-state index contributed by atoms with van der Waals surface area (Å²) < 4.78 is 42.5. The normalized spacial score (nSPS) is 35.2. The Labute approximate surface area is 372 Å². The van der Waals surface area contributed by atoms with Gasteiger partial charge >= 0.3 is 35.8 Å². The van der Waals surface area contributed by atoms with Gasteiger partial charge in [0.05, 0.1) is 22.7 Å². The Morgan fingerprint density at radius 3 is 1.42 bits per heavy atom. The van der Waals surface area contributed by atoms with E-state index in [1.54, 1.807) is 52.0 Å². The summed E-state index contributed by atoms with van der Waals surface area (Å²) >= 11 is 0. The van der Waals surface area contributed by atoms with Crippen LogP contribution in [0.25, 0.3) is 0 Å². The Bertz CT molecular complexity index is 2540. The predicted molar refractivity (Wildman–Crippen MR) is 225 cm³/mol. The Morgan fingerprint density at radius 2 is 1.03 bits per heavy atom. The van der Waals surface area contributed by atoms with Gasteiger partial charge in [-0.3, -0.25) is 19.2 Å². The molecule has 14 nitrogen and oxygen atoms in total. The number of carbonyl (C=O) groups is 7. The maximum absolute atomic E-state index is 14.6. The molecule has 4 heterocycles.